The van der Waals surface area contributed by atoms with Crippen molar-refractivity contribution < 1.29 is 58.7 Å². The Hall–Kier alpha value is -1.05. The van der Waals surface area contributed by atoms with E-state index in [1.807, 2.05) is 53.6 Å². The summed E-state index contributed by atoms with van der Waals surface area (Å²) in [7, 11) is 5.31. The van der Waals surface area contributed by atoms with E-state index in [4.69, 9.17) is 28.4 Å². The largest absolute Gasteiger partial charge is 0.459 e. The Kier molecular flexibility index (Phi) is 17.6. The third-order valence-electron chi connectivity index (χ3n) is 13.0. The summed E-state index contributed by atoms with van der Waals surface area (Å²) < 4.78 is 38.3. The van der Waals surface area contributed by atoms with E-state index >= 15 is 0 Å². The number of ether oxygens (including phenoxy) is 6. The maximum absolute atomic E-state index is 14.3. The second kappa shape index (κ2) is 20.0. The number of hydrogen-bond donors (Lipinski definition) is 7. The van der Waals surface area contributed by atoms with Gasteiger partial charge in [-0.3, -0.25) is 4.79 Å². The zero-order valence-corrected chi connectivity index (χ0v) is 36.8. The van der Waals surface area contributed by atoms with E-state index in [1.54, 1.807) is 34.6 Å². The van der Waals surface area contributed by atoms with Crippen molar-refractivity contribution in [1.29, 1.82) is 0 Å². The minimum Gasteiger partial charge on any atom is -0.459 e. The first kappa shape index (κ1) is 49.3. The molecule has 15 heteroatoms. The molecule has 3 aliphatic rings. The molecule has 0 aromatic rings. The molecule has 0 aliphatic carbocycles. The van der Waals surface area contributed by atoms with Crippen LogP contribution in [-0.4, -0.2) is 167 Å². The fraction of sp³-hybridized carbons (Fsp3) is 0.976. The first-order valence-electron chi connectivity index (χ1n) is 20.9. The zero-order chi connectivity index (χ0) is 42.6. The molecule has 3 heterocycles. The van der Waals surface area contributed by atoms with Gasteiger partial charge in [0.15, 0.2) is 12.6 Å². The van der Waals surface area contributed by atoms with Crippen LogP contribution < -0.4 is 10.6 Å². The van der Waals surface area contributed by atoms with Gasteiger partial charge in [-0.25, -0.2) is 0 Å². The standard InChI is InChI=1S/C41H79N3O12/c1-15-17-42-22-41(50)28(8)53-31(20-39(41,10)51-14)55-33-25(5)35(56-37-32(45)29(44(12)13)18-24(4)52-37)38(9,48)19-23(3)21-43-27(7)34(46)40(11,49)30(16-2)54-36(47)26(33)6/h23-35,37,42-43,45-46,48-50H,15-22H2,1-14H3/t23-,24-,25+,26-,27-,28+,29+,30-,31+,32-,33+,34-,35-,37+,38+,39-,40-,41-/m1/s1. The summed E-state index contributed by atoms with van der Waals surface area (Å²) in [6.45, 7) is 20.9. The molecule has 3 saturated heterocycles. The summed E-state index contributed by atoms with van der Waals surface area (Å²) in [5.74, 6) is -2.66. The maximum atomic E-state index is 14.3. The fourth-order valence-corrected chi connectivity index (χ4v) is 9.21. The Labute approximate surface area is 336 Å². The van der Waals surface area contributed by atoms with Gasteiger partial charge in [0, 0.05) is 38.1 Å². The van der Waals surface area contributed by atoms with Gasteiger partial charge in [0.25, 0.3) is 0 Å². The Bertz CT molecular complexity index is 1230. The highest BCUT2D eigenvalue weighted by molar-refractivity contribution is 5.73. The Morgan fingerprint density at radius 1 is 0.964 bits per heavy atom. The van der Waals surface area contributed by atoms with Crippen LogP contribution in [-0.2, 0) is 33.2 Å². The van der Waals surface area contributed by atoms with Crippen LogP contribution in [0.1, 0.15) is 108 Å². The van der Waals surface area contributed by atoms with E-state index in [-0.39, 0.29) is 43.9 Å². The van der Waals surface area contributed by atoms with Crippen molar-refractivity contribution in [1.82, 2.24) is 15.5 Å². The summed E-state index contributed by atoms with van der Waals surface area (Å²) in [6.07, 6.45) is -6.71. The van der Waals surface area contributed by atoms with Gasteiger partial charge in [0.1, 0.15) is 35.1 Å². The maximum Gasteiger partial charge on any atom is 0.311 e. The second-order valence-electron chi connectivity index (χ2n) is 18.2. The predicted octanol–water partition coefficient (Wildman–Crippen LogP) is 1.93. The van der Waals surface area contributed by atoms with Crippen LogP contribution in [0.15, 0.2) is 0 Å². The van der Waals surface area contributed by atoms with Gasteiger partial charge >= 0.3 is 5.97 Å². The van der Waals surface area contributed by atoms with Crippen molar-refractivity contribution in [2.45, 2.75) is 198 Å². The minimum atomic E-state index is -1.81. The normalized spacial score (nSPS) is 47.9. The van der Waals surface area contributed by atoms with Crippen molar-refractivity contribution in [3.8, 4) is 0 Å². The fourth-order valence-electron chi connectivity index (χ4n) is 9.21. The molecule has 0 unspecified atom stereocenters. The number of carbonyl (C=O) groups is 1. The number of methoxy groups -OCH3 is 1. The van der Waals surface area contributed by atoms with Crippen LogP contribution in [0.4, 0.5) is 0 Å². The number of nitrogens with zero attached hydrogens (tertiary/aromatic N) is 1. The number of rotatable bonds is 11. The molecule has 7 N–H and O–H groups in total. The molecule has 3 rings (SSSR count). The lowest BCUT2D eigenvalue weighted by molar-refractivity contribution is -0.336. The number of likely N-dealkylation sites (N-methyl/N-ethyl adjacent to an activating group) is 1. The molecule has 0 aromatic heterocycles. The highest BCUT2D eigenvalue weighted by Crippen LogP contribution is 2.43. The average molecular weight is 806 g/mol. The molecule has 0 saturated carbocycles. The van der Waals surface area contributed by atoms with Crippen molar-refractivity contribution in [3.05, 3.63) is 0 Å². The van der Waals surface area contributed by atoms with Gasteiger partial charge in [-0.2, -0.15) is 0 Å². The van der Waals surface area contributed by atoms with Crippen LogP contribution in [0.3, 0.4) is 0 Å². The Morgan fingerprint density at radius 2 is 1.61 bits per heavy atom. The third kappa shape index (κ3) is 11.0. The van der Waals surface area contributed by atoms with Crippen molar-refractivity contribution in [2.75, 3.05) is 40.8 Å². The topological polar surface area (TPSA) is 201 Å². The molecule has 0 amide bonds. The summed E-state index contributed by atoms with van der Waals surface area (Å²) >= 11 is 0. The van der Waals surface area contributed by atoms with Gasteiger partial charge in [-0.1, -0.05) is 27.7 Å². The lowest BCUT2D eigenvalue weighted by Gasteiger charge is -2.53. The van der Waals surface area contributed by atoms with E-state index in [0.29, 0.717) is 19.5 Å². The highest BCUT2D eigenvalue weighted by Gasteiger charge is 2.58. The minimum absolute atomic E-state index is 0.0939. The summed E-state index contributed by atoms with van der Waals surface area (Å²) in [5.41, 5.74) is -5.95. The summed E-state index contributed by atoms with van der Waals surface area (Å²) in [4.78, 5) is 16.2. The number of carbonyl (C=O) groups excluding carboxylic acids is 1. The Morgan fingerprint density at radius 3 is 2.18 bits per heavy atom. The molecule has 3 fully saturated rings. The second-order valence-corrected chi connectivity index (χ2v) is 18.2. The van der Waals surface area contributed by atoms with Crippen LogP contribution in [0.2, 0.25) is 0 Å². The Balaban J connectivity index is 2.16. The van der Waals surface area contributed by atoms with E-state index in [1.165, 1.54) is 14.0 Å². The number of cyclic esters (lactones) is 1. The SMILES string of the molecule is CCCNC[C@@]1(O)[C@H](C)O[C@@H](O[C@H]2[C@H](C)[C@@H](O[C@@H]3O[C@H](C)C[C@H](N(C)C)[C@H]3O)[C@@](C)(O)C[C@@H](C)CN[C@H](C)[C@@H](O)[C@](C)(O)[C@@H](CC)OC(=O)[C@@H]2C)C[C@@]1(C)OC. The molecule has 0 radical (unpaired) electrons. The molecular weight excluding hydrogens is 726 g/mol. The average Bonchev–Trinajstić information content (AvgIpc) is 3.12. The van der Waals surface area contributed by atoms with Crippen LogP contribution in [0, 0.1) is 17.8 Å². The van der Waals surface area contributed by atoms with Gasteiger partial charge in [-0.05, 0) is 107 Å². The van der Waals surface area contributed by atoms with Crippen molar-refractivity contribution >= 4 is 5.97 Å². The van der Waals surface area contributed by atoms with Gasteiger partial charge in [-0.15, -0.1) is 0 Å². The van der Waals surface area contributed by atoms with Crippen LogP contribution >= 0.6 is 0 Å². The molecule has 0 spiro atoms. The number of esters is 1. The first-order valence-corrected chi connectivity index (χ1v) is 20.9. The molecular formula is C41H79N3O12. The van der Waals surface area contributed by atoms with Crippen LogP contribution in [0.25, 0.3) is 0 Å². The number of nitrogens with one attached hydrogen (secondary N) is 2. The first-order chi connectivity index (χ1) is 25.9. The van der Waals surface area contributed by atoms with E-state index < -0.39 is 95.5 Å². The lowest BCUT2D eigenvalue weighted by Crippen LogP contribution is -2.70. The van der Waals surface area contributed by atoms with Gasteiger partial charge in [0.2, 0.25) is 0 Å². The van der Waals surface area contributed by atoms with Crippen molar-refractivity contribution in [2.24, 2.45) is 17.8 Å². The van der Waals surface area contributed by atoms with Gasteiger partial charge in [0.05, 0.1) is 35.9 Å². The van der Waals surface area contributed by atoms with E-state index in [2.05, 4.69) is 10.6 Å². The summed E-state index contributed by atoms with van der Waals surface area (Å²) in [6, 6.07) is -0.877. The molecule has 330 valence electrons. The van der Waals surface area contributed by atoms with Crippen molar-refractivity contribution in [3.63, 3.8) is 0 Å². The number of aliphatic hydroxyl groups excluding tert-OH is 2. The molecule has 0 aromatic carbocycles. The molecule has 15 nitrogen and oxygen atoms in total. The van der Waals surface area contributed by atoms with E-state index in [0.717, 1.165) is 6.42 Å². The quantitative estimate of drug-likeness (QED) is 0.118. The third-order valence-corrected chi connectivity index (χ3v) is 13.0. The smallest absolute Gasteiger partial charge is 0.311 e. The number of aliphatic hydroxyl groups is 5. The monoisotopic (exact) mass is 806 g/mol. The highest BCUT2D eigenvalue weighted by atomic mass is 16.7. The zero-order valence-electron chi connectivity index (χ0n) is 36.8. The number of hydrogen-bond acceptors (Lipinski definition) is 15. The van der Waals surface area contributed by atoms with E-state index in [9.17, 15) is 30.3 Å². The molecule has 56 heavy (non-hydrogen) atoms. The van der Waals surface area contributed by atoms with Crippen LogP contribution in [0.5, 0.6) is 0 Å². The van der Waals surface area contributed by atoms with Gasteiger partial charge < -0.3 is 69.5 Å². The lowest BCUT2D eigenvalue weighted by atomic mass is 9.75. The molecule has 0 bridgehead atoms. The molecule has 3 aliphatic heterocycles. The predicted molar refractivity (Wildman–Crippen MR) is 212 cm³/mol. The molecule has 18 atom stereocenters. The summed E-state index contributed by atoms with van der Waals surface area (Å²) in [5, 5.41) is 65.8.